The highest BCUT2D eigenvalue weighted by Crippen LogP contribution is 2.36. The number of phenolic OH excluding ortho intramolecular Hbond substituents is 2. The van der Waals surface area contributed by atoms with E-state index in [0.29, 0.717) is 4.31 Å². The molecule has 2 N–H and O–H groups in total. The third-order valence-electron chi connectivity index (χ3n) is 2.23. The molecule has 0 fully saturated rings. The highest BCUT2D eigenvalue weighted by Gasteiger charge is 2.39. The van der Waals surface area contributed by atoms with Crippen LogP contribution in [0.15, 0.2) is 17.0 Å². The van der Waals surface area contributed by atoms with Crippen LogP contribution in [0, 0.1) is 0 Å². The highest BCUT2D eigenvalue weighted by molar-refractivity contribution is 7.90. The van der Waals surface area contributed by atoms with Gasteiger partial charge in [-0.15, -0.1) is 0 Å². The van der Waals surface area contributed by atoms with E-state index in [1.807, 2.05) is 0 Å². The molecule has 1 heterocycles. The molecule has 1 amide bonds. The first-order valence-corrected chi connectivity index (χ1v) is 5.39. The number of phenols is 2. The maximum atomic E-state index is 11.6. The number of rotatable bonds is 0. The lowest BCUT2D eigenvalue weighted by atomic mass is 10.2. The molecular formula is C8H7NO5S. The van der Waals surface area contributed by atoms with Gasteiger partial charge in [0, 0.05) is 13.1 Å². The summed E-state index contributed by atoms with van der Waals surface area (Å²) >= 11 is 0. The van der Waals surface area contributed by atoms with Gasteiger partial charge in [-0.1, -0.05) is 0 Å². The van der Waals surface area contributed by atoms with Gasteiger partial charge in [-0.05, 0) is 6.07 Å². The number of sulfonamides is 1. The predicted octanol–water partition coefficient (Wildman–Crippen LogP) is -0.128. The summed E-state index contributed by atoms with van der Waals surface area (Å²) in [7, 11) is -2.74. The lowest BCUT2D eigenvalue weighted by Gasteiger charge is -2.05. The lowest BCUT2D eigenvalue weighted by Crippen LogP contribution is -2.24. The second-order valence-electron chi connectivity index (χ2n) is 3.11. The molecule has 0 bridgehead atoms. The molecule has 0 aromatic heterocycles. The van der Waals surface area contributed by atoms with Crippen molar-refractivity contribution in [3.63, 3.8) is 0 Å². The summed E-state index contributed by atoms with van der Waals surface area (Å²) in [5.74, 6) is -1.81. The molecule has 80 valence electrons. The van der Waals surface area contributed by atoms with Crippen molar-refractivity contribution in [2.45, 2.75) is 4.90 Å². The van der Waals surface area contributed by atoms with Crippen molar-refractivity contribution in [1.29, 1.82) is 0 Å². The van der Waals surface area contributed by atoms with Gasteiger partial charge < -0.3 is 10.2 Å². The van der Waals surface area contributed by atoms with Crippen LogP contribution < -0.4 is 0 Å². The van der Waals surface area contributed by atoms with E-state index in [1.165, 1.54) is 0 Å². The first kappa shape index (κ1) is 9.78. The molecule has 0 radical (unpaired) electrons. The molecule has 7 heteroatoms. The number of fused-ring (bicyclic) bond motifs is 1. The van der Waals surface area contributed by atoms with E-state index in [9.17, 15) is 13.2 Å². The van der Waals surface area contributed by atoms with Gasteiger partial charge >= 0.3 is 0 Å². The van der Waals surface area contributed by atoms with Crippen LogP contribution >= 0.6 is 0 Å². The Balaban J connectivity index is 2.85. The van der Waals surface area contributed by atoms with Crippen LogP contribution in [0.3, 0.4) is 0 Å². The Bertz CT molecular complexity index is 563. The zero-order valence-electron chi connectivity index (χ0n) is 7.63. The number of amides is 1. The monoisotopic (exact) mass is 229 g/mol. The maximum absolute atomic E-state index is 11.6. The molecule has 0 aliphatic carbocycles. The van der Waals surface area contributed by atoms with Crippen LogP contribution in [0.25, 0.3) is 0 Å². The van der Waals surface area contributed by atoms with Crippen LogP contribution in [0.4, 0.5) is 0 Å². The Morgan fingerprint density at radius 2 is 1.73 bits per heavy atom. The molecule has 0 saturated carbocycles. The van der Waals surface area contributed by atoms with Crippen molar-refractivity contribution in [3.05, 3.63) is 17.7 Å². The Hall–Kier alpha value is -1.76. The summed E-state index contributed by atoms with van der Waals surface area (Å²) in [6, 6.07) is 1.80. The topological polar surface area (TPSA) is 94.9 Å². The zero-order chi connectivity index (χ0) is 11.4. The SMILES string of the molecule is CN1C(=O)c2cc(O)c(O)cc2S1(=O)=O. The average Bonchev–Trinajstić information content (AvgIpc) is 2.32. The summed E-state index contributed by atoms with van der Waals surface area (Å²) < 4.78 is 23.7. The van der Waals surface area contributed by atoms with Gasteiger partial charge in [-0.25, -0.2) is 12.7 Å². The lowest BCUT2D eigenvalue weighted by molar-refractivity contribution is 0.0891. The van der Waals surface area contributed by atoms with Crippen molar-refractivity contribution >= 4 is 15.9 Å². The highest BCUT2D eigenvalue weighted by atomic mass is 32.2. The number of hydrogen-bond acceptors (Lipinski definition) is 5. The molecule has 6 nitrogen and oxygen atoms in total. The van der Waals surface area contributed by atoms with Gasteiger partial charge in [0.2, 0.25) is 0 Å². The molecule has 2 rings (SSSR count). The molecule has 0 atom stereocenters. The van der Waals surface area contributed by atoms with E-state index in [2.05, 4.69) is 0 Å². The van der Waals surface area contributed by atoms with E-state index < -0.39 is 27.4 Å². The molecule has 1 aliphatic rings. The van der Waals surface area contributed by atoms with Gasteiger partial charge in [0.15, 0.2) is 11.5 Å². The minimum Gasteiger partial charge on any atom is -0.504 e. The van der Waals surface area contributed by atoms with E-state index in [-0.39, 0.29) is 10.5 Å². The van der Waals surface area contributed by atoms with Gasteiger partial charge in [-0.2, -0.15) is 0 Å². The first-order valence-electron chi connectivity index (χ1n) is 3.95. The second kappa shape index (κ2) is 2.63. The van der Waals surface area contributed by atoms with Crippen LogP contribution in [0.2, 0.25) is 0 Å². The molecular weight excluding hydrogens is 222 g/mol. The van der Waals surface area contributed by atoms with Crippen molar-refractivity contribution in [2.75, 3.05) is 7.05 Å². The summed E-state index contributed by atoms with van der Waals surface area (Å²) in [5, 5.41) is 18.3. The number of aromatic hydroxyl groups is 2. The van der Waals surface area contributed by atoms with E-state index in [0.717, 1.165) is 19.2 Å². The summed E-state index contributed by atoms with van der Waals surface area (Å²) in [6.07, 6.45) is 0. The number of benzene rings is 1. The first-order chi connectivity index (χ1) is 6.85. The van der Waals surface area contributed by atoms with Crippen LogP contribution in [-0.4, -0.2) is 35.9 Å². The molecule has 1 aromatic rings. The number of hydrogen-bond donors (Lipinski definition) is 2. The Morgan fingerprint density at radius 3 is 2.33 bits per heavy atom. The smallest absolute Gasteiger partial charge is 0.268 e. The van der Waals surface area contributed by atoms with Crippen molar-refractivity contribution in [2.24, 2.45) is 0 Å². The van der Waals surface area contributed by atoms with Crippen molar-refractivity contribution in [1.82, 2.24) is 4.31 Å². The van der Waals surface area contributed by atoms with Crippen molar-refractivity contribution in [3.8, 4) is 11.5 Å². The standard InChI is InChI=1S/C8H7NO5S/c1-9-8(12)4-2-5(10)6(11)3-7(4)15(9,13)14/h2-3,10-11H,1H3. The molecule has 0 unspecified atom stereocenters. The van der Waals surface area contributed by atoms with Gasteiger partial charge in [-0.3, -0.25) is 4.79 Å². The number of carbonyl (C=O) groups is 1. The van der Waals surface area contributed by atoms with E-state index in [4.69, 9.17) is 10.2 Å². The Morgan fingerprint density at radius 1 is 1.20 bits per heavy atom. The number of carbonyl (C=O) groups excluding carboxylic acids is 1. The van der Waals surface area contributed by atoms with Crippen LogP contribution in [0.1, 0.15) is 10.4 Å². The second-order valence-corrected chi connectivity index (χ2v) is 5.05. The molecule has 1 aromatic carbocycles. The minimum atomic E-state index is -3.86. The fourth-order valence-corrected chi connectivity index (χ4v) is 2.66. The minimum absolute atomic E-state index is 0.132. The Labute approximate surface area is 85.4 Å². The van der Waals surface area contributed by atoms with E-state index >= 15 is 0 Å². The summed E-state index contributed by atoms with van der Waals surface area (Å²) in [6.45, 7) is 0. The largest absolute Gasteiger partial charge is 0.504 e. The molecule has 15 heavy (non-hydrogen) atoms. The van der Waals surface area contributed by atoms with Gasteiger partial charge in [0.25, 0.3) is 15.9 Å². The van der Waals surface area contributed by atoms with Crippen molar-refractivity contribution < 1.29 is 23.4 Å². The average molecular weight is 229 g/mol. The van der Waals surface area contributed by atoms with E-state index in [1.54, 1.807) is 0 Å². The number of nitrogens with zero attached hydrogens (tertiary/aromatic N) is 1. The summed E-state index contributed by atoms with van der Waals surface area (Å²) in [5.41, 5.74) is -0.132. The zero-order valence-corrected chi connectivity index (χ0v) is 8.45. The fourth-order valence-electron chi connectivity index (χ4n) is 1.36. The van der Waals surface area contributed by atoms with Gasteiger partial charge in [0.05, 0.1) is 5.56 Å². The fraction of sp³-hybridized carbons (Fsp3) is 0.125. The van der Waals surface area contributed by atoms with Crippen LogP contribution in [0.5, 0.6) is 11.5 Å². The Kier molecular flexibility index (Phi) is 1.72. The predicted molar refractivity (Wildman–Crippen MR) is 49.1 cm³/mol. The molecule has 1 aliphatic heterocycles. The maximum Gasteiger partial charge on any atom is 0.268 e. The normalized spacial score (nSPS) is 17.9. The van der Waals surface area contributed by atoms with Crippen LogP contribution in [-0.2, 0) is 10.0 Å². The van der Waals surface area contributed by atoms with Gasteiger partial charge in [0.1, 0.15) is 4.90 Å². The molecule has 0 saturated heterocycles. The third kappa shape index (κ3) is 1.09. The molecule has 0 spiro atoms. The third-order valence-corrected chi connectivity index (χ3v) is 4.01. The quantitative estimate of drug-likeness (QED) is 0.604. The summed E-state index contributed by atoms with van der Waals surface area (Å²) in [4.78, 5) is 11.1.